The molecule has 0 atom stereocenters. The Morgan fingerprint density at radius 3 is 1.27 bits per heavy atom. The molecule has 0 heterocycles. The zero-order valence-electron chi connectivity index (χ0n) is 9.95. The first kappa shape index (κ1) is 37.1. The van der Waals surface area contributed by atoms with Crippen LogP contribution in [0.5, 0.6) is 0 Å². The van der Waals surface area contributed by atoms with Crippen LogP contribution in [0.3, 0.4) is 0 Å². The molecule has 0 amide bonds. The van der Waals surface area contributed by atoms with Crippen molar-refractivity contribution in [2.75, 3.05) is 6.54 Å². The molecular weight excluding hydrogens is 567 g/mol. The number of hydrogen-bond acceptors (Lipinski definition) is 1. The Hall–Kier alpha value is 5.48. The standard InChI is InChI=1S/C9H17N.5Y/c1-8(2)10(6)7-9(3,4)5;;;;;/h8H,3-7H2,1-2H3;;;;;/q-4;;;;;. The fourth-order valence-electron chi connectivity index (χ4n) is 0.613. The van der Waals surface area contributed by atoms with Crippen LogP contribution < -0.4 is 0 Å². The van der Waals surface area contributed by atoms with Gasteiger partial charge < -0.3 is 31.1 Å². The molecule has 0 aliphatic carbocycles. The molecule has 0 aromatic rings. The molecule has 0 fully saturated rings. The Kier molecular flexibility index (Phi) is 48.1. The Bertz CT molecular complexity index is 103. The monoisotopic (exact) mass is 584 g/mol. The van der Waals surface area contributed by atoms with E-state index in [-0.39, 0.29) is 169 Å². The van der Waals surface area contributed by atoms with Gasteiger partial charge in [0.25, 0.3) is 0 Å². The molecule has 0 bridgehead atoms. The van der Waals surface area contributed by atoms with Crippen molar-refractivity contribution < 1.29 is 164 Å². The van der Waals surface area contributed by atoms with Gasteiger partial charge in [-0.3, -0.25) is 7.05 Å². The summed E-state index contributed by atoms with van der Waals surface area (Å²) in [5, 5.41) is 0. The van der Waals surface area contributed by atoms with Crippen molar-refractivity contribution in [3.8, 4) is 0 Å². The second-order valence-corrected chi connectivity index (χ2v) is 3.34. The molecular formula is C9H17NY5-4. The summed E-state index contributed by atoms with van der Waals surface area (Å²) >= 11 is 0. The molecule has 5 radical (unpaired) electrons. The van der Waals surface area contributed by atoms with Crippen molar-refractivity contribution in [1.29, 1.82) is 0 Å². The Balaban J connectivity index is -0.0000000405. The smallest absolute Gasteiger partial charge is 0 e. The molecule has 0 saturated heterocycles. The first-order chi connectivity index (χ1) is 4.33. The summed E-state index contributed by atoms with van der Waals surface area (Å²) in [7, 11) is 3.84. The van der Waals surface area contributed by atoms with Crippen LogP contribution in [0.2, 0.25) is 0 Å². The van der Waals surface area contributed by atoms with Crippen LogP contribution in [0.25, 0.3) is 0 Å². The van der Waals surface area contributed by atoms with E-state index >= 15 is 0 Å². The molecule has 0 N–H and O–H groups in total. The van der Waals surface area contributed by atoms with Crippen LogP contribution in [-0.4, -0.2) is 17.5 Å². The maximum absolute atomic E-state index is 3.84. The third kappa shape index (κ3) is 28.4. The van der Waals surface area contributed by atoms with Crippen molar-refractivity contribution in [1.82, 2.24) is 4.90 Å². The number of rotatable bonds is 3. The van der Waals surface area contributed by atoms with Gasteiger partial charge in [-0.2, -0.15) is 0 Å². The van der Waals surface area contributed by atoms with Gasteiger partial charge in [0.15, 0.2) is 0 Å². The fourth-order valence-corrected chi connectivity index (χ4v) is 0.613. The maximum Gasteiger partial charge on any atom is 0 e. The van der Waals surface area contributed by atoms with Gasteiger partial charge >= 0.3 is 0 Å². The van der Waals surface area contributed by atoms with Crippen LogP contribution in [0.1, 0.15) is 13.8 Å². The van der Waals surface area contributed by atoms with E-state index in [2.05, 4.69) is 41.7 Å². The topological polar surface area (TPSA) is 3.24 Å². The predicted octanol–water partition coefficient (Wildman–Crippen LogP) is 1.96. The fraction of sp³-hybridized carbons (Fsp3) is 0.556. The molecule has 0 rings (SSSR count). The molecule has 6 heteroatoms. The number of nitrogens with zero attached hydrogens (tertiary/aromatic N) is 1. The maximum atomic E-state index is 3.84. The molecule has 0 aromatic heterocycles. The van der Waals surface area contributed by atoms with E-state index in [0.29, 0.717) is 6.04 Å². The Morgan fingerprint density at radius 1 is 0.933 bits per heavy atom. The largest absolute Gasteiger partial charge is 0.462 e. The summed E-state index contributed by atoms with van der Waals surface area (Å²) in [6.45, 7) is 16.3. The Morgan fingerprint density at radius 2 is 1.20 bits per heavy atom. The van der Waals surface area contributed by atoms with Gasteiger partial charge in [-0.15, -0.1) is 6.54 Å². The van der Waals surface area contributed by atoms with Crippen LogP contribution in [-0.2, 0) is 164 Å². The van der Waals surface area contributed by atoms with Gasteiger partial charge in [0.2, 0.25) is 0 Å². The van der Waals surface area contributed by atoms with Crippen LogP contribution >= 0.6 is 0 Å². The molecule has 0 spiro atoms. The molecule has 0 aliphatic rings. The van der Waals surface area contributed by atoms with E-state index in [9.17, 15) is 0 Å². The zero-order chi connectivity index (χ0) is 8.36. The van der Waals surface area contributed by atoms with Crippen LogP contribution in [0.4, 0.5) is 0 Å². The van der Waals surface area contributed by atoms with Crippen molar-refractivity contribution in [2.45, 2.75) is 19.9 Å². The van der Waals surface area contributed by atoms with Crippen molar-refractivity contribution in [3.05, 3.63) is 27.8 Å². The summed E-state index contributed by atoms with van der Waals surface area (Å²) in [4.78, 5) is 1.94. The van der Waals surface area contributed by atoms with E-state index in [1.807, 2.05) is 4.90 Å². The first-order valence-electron chi connectivity index (χ1n) is 3.46. The molecule has 15 heavy (non-hydrogen) atoms. The molecule has 0 unspecified atom stereocenters. The molecule has 1 nitrogen and oxygen atoms in total. The van der Waals surface area contributed by atoms with E-state index in [1.165, 1.54) is 0 Å². The minimum atomic E-state index is -0.383. The van der Waals surface area contributed by atoms with Crippen molar-refractivity contribution in [2.24, 2.45) is 5.41 Å². The zero-order valence-corrected chi connectivity index (χ0v) is 24.1. The third-order valence-corrected chi connectivity index (χ3v) is 1.27. The van der Waals surface area contributed by atoms with E-state index in [4.69, 9.17) is 0 Å². The van der Waals surface area contributed by atoms with Gasteiger partial charge in [-0.05, 0) is 6.04 Å². The summed E-state index contributed by atoms with van der Waals surface area (Å²) in [6, 6.07) is 0.435. The van der Waals surface area contributed by atoms with Gasteiger partial charge in [-0.1, -0.05) is 13.8 Å². The van der Waals surface area contributed by atoms with Gasteiger partial charge in [0.05, 0.1) is 0 Å². The first-order valence-corrected chi connectivity index (χ1v) is 3.46. The normalized spacial score (nSPS) is 8.80. The van der Waals surface area contributed by atoms with Crippen LogP contribution in [0.15, 0.2) is 0 Å². The average Bonchev–Trinajstić information content (AvgIpc) is 1.60. The molecule has 77 valence electrons. The van der Waals surface area contributed by atoms with Gasteiger partial charge in [0.1, 0.15) is 0 Å². The summed E-state index contributed by atoms with van der Waals surface area (Å²) < 4.78 is 0. The average molecular weight is 584 g/mol. The van der Waals surface area contributed by atoms with Crippen molar-refractivity contribution in [3.63, 3.8) is 0 Å². The molecule has 0 aliphatic heterocycles. The Labute approximate surface area is 222 Å². The minimum Gasteiger partial charge on any atom is -0.462 e. The summed E-state index contributed by atoms with van der Waals surface area (Å²) in [5.41, 5.74) is -0.383. The van der Waals surface area contributed by atoms with E-state index < -0.39 is 0 Å². The van der Waals surface area contributed by atoms with E-state index in [0.717, 1.165) is 6.54 Å². The second kappa shape index (κ2) is 19.5. The molecule has 0 saturated carbocycles. The van der Waals surface area contributed by atoms with Gasteiger partial charge in [0, 0.05) is 164 Å². The quantitative estimate of drug-likeness (QED) is 0.460. The minimum absolute atomic E-state index is 0. The SMILES string of the molecule is [CH2-]N(CC([CH2-])([CH2-])[CH2-])C(C)C.[Y].[Y].[Y].[Y].[Y]. The van der Waals surface area contributed by atoms with Gasteiger partial charge in [-0.25, -0.2) is 0 Å². The molecule has 0 aromatic carbocycles. The predicted molar refractivity (Wildman–Crippen MR) is 45.7 cm³/mol. The number of hydrogen-bond donors (Lipinski definition) is 0. The second-order valence-electron chi connectivity index (χ2n) is 3.34. The van der Waals surface area contributed by atoms with Crippen molar-refractivity contribution >= 4 is 0 Å². The summed E-state index contributed by atoms with van der Waals surface area (Å²) in [6.07, 6.45) is 0. The van der Waals surface area contributed by atoms with Crippen LogP contribution in [0, 0.1) is 33.2 Å². The summed E-state index contributed by atoms with van der Waals surface area (Å²) in [5.74, 6) is 0. The third-order valence-electron chi connectivity index (χ3n) is 1.27. The van der Waals surface area contributed by atoms with E-state index in [1.54, 1.807) is 0 Å².